The van der Waals surface area contributed by atoms with Crippen molar-refractivity contribution in [3.05, 3.63) is 10.6 Å². The predicted molar refractivity (Wildman–Crippen MR) is 81.0 cm³/mol. The van der Waals surface area contributed by atoms with E-state index in [1.165, 1.54) is 11.3 Å². The van der Waals surface area contributed by atoms with Gasteiger partial charge in [-0.05, 0) is 40.5 Å². The van der Waals surface area contributed by atoms with E-state index < -0.39 is 11.7 Å². The van der Waals surface area contributed by atoms with Gasteiger partial charge in [0.15, 0.2) is 5.13 Å². The summed E-state index contributed by atoms with van der Waals surface area (Å²) in [7, 11) is 0. The second kappa shape index (κ2) is 5.33. The first-order valence-electron chi connectivity index (χ1n) is 6.96. The van der Waals surface area contributed by atoms with Crippen LogP contribution in [0.5, 0.6) is 0 Å². The van der Waals surface area contributed by atoms with Crippen LogP contribution in [-0.2, 0) is 10.3 Å². The third-order valence-electron chi connectivity index (χ3n) is 3.35. The lowest BCUT2D eigenvalue weighted by Gasteiger charge is -2.22. The summed E-state index contributed by atoms with van der Waals surface area (Å²) in [5.74, 6) is 0. The van der Waals surface area contributed by atoms with Crippen LogP contribution in [0.25, 0.3) is 0 Å². The summed E-state index contributed by atoms with van der Waals surface area (Å²) in [6, 6.07) is 0. The summed E-state index contributed by atoms with van der Waals surface area (Å²) in [6.45, 7) is 7.44. The molecule has 20 heavy (non-hydrogen) atoms. The first-order chi connectivity index (χ1) is 9.20. The fourth-order valence-corrected chi connectivity index (χ4v) is 3.65. The van der Waals surface area contributed by atoms with Crippen LogP contribution in [0.1, 0.15) is 57.0 Å². The van der Waals surface area contributed by atoms with E-state index in [-0.39, 0.29) is 5.54 Å². The Labute approximate surface area is 123 Å². The summed E-state index contributed by atoms with van der Waals surface area (Å²) in [4.78, 5) is 17.2. The molecular formula is C14H23N3O2S. The van der Waals surface area contributed by atoms with E-state index in [2.05, 4.69) is 10.3 Å². The number of thiazole rings is 1. The Kier molecular flexibility index (Phi) is 4.07. The summed E-state index contributed by atoms with van der Waals surface area (Å²) < 4.78 is 5.23. The van der Waals surface area contributed by atoms with Crippen LogP contribution >= 0.6 is 11.3 Å². The Morgan fingerprint density at radius 3 is 2.55 bits per heavy atom. The largest absolute Gasteiger partial charge is 0.444 e. The van der Waals surface area contributed by atoms with Crippen LogP contribution in [0.2, 0.25) is 0 Å². The Bertz CT molecular complexity index is 499. The molecule has 1 aliphatic carbocycles. The number of rotatable bonds is 2. The van der Waals surface area contributed by atoms with Crippen LogP contribution in [0, 0.1) is 6.92 Å². The highest BCUT2D eigenvalue weighted by atomic mass is 32.1. The van der Waals surface area contributed by atoms with Crippen molar-refractivity contribution in [3.8, 4) is 0 Å². The van der Waals surface area contributed by atoms with Crippen LogP contribution < -0.4 is 11.1 Å². The van der Waals surface area contributed by atoms with Gasteiger partial charge >= 0.3 is 6.09 Å². The van der Waals surface area contributed by atoms with E-state index in [9.17, 15) is 4.79 Å². The number of carbonyl (C=O) groups excluding carboxylic acids is 1. The molecule has 0 unspecified atom stereocenters. The van der Waals surface area contributed by atoms with E-state index in [1.54, 1.807) is 0 Å². The number of nitrogens with one attached hydrogen (secondary N) is 1. The Balaban J connectivity index is 2.10. The van der Waals surface area contributed by atoms with Gasteiger partial charge in [0.2, 0.25) is 0 Å². The Morgan fingerprint density at radius 1 is 1.40 bits per heavy atom. The van der Waals surface area contributed by atoms with Gasteiger partial charge in [-0.1, -0.05) is 24.2 Å². The molecule has 0 atom stereocenters. The van der Waals surface area contributed by atoms with Gasteiger partial charge in [0.25, 0.3) is 0 Å². The average molecular weight is 297 g/mol. The molecule has 1 amide bonds. The summed E-state index contributed by atoms with van der Waals surface area (Å²) in [5.41, 5.74) is 6.58. The maximum atomic E-state index is 11.8. The number of aryl methyl sites for hydroxylation is 1. The normalized spacial score (nSPS) is 18.1. The number of amides is 1. The van der Waals surface area contributed by atoms with Crippen molar-refractivity contribution in [3.63, 3.8) is 0 Å². The quantitative estimate of drug-likeness (QED) is 0.875. The van der Waals surface area contributed by atoms with E-state index in [4.69, 9.17) is 10.5 Å². The molecule has 1 aliphatic rings. The van der Waals surface area contributed by atoms with Crippen molar-refractivity contribution >= 4 is 22.6 Å². The van der Waals surface area contributed by atoms with Crippen LogP contribution in [0.4, 0.5) is 9.93 Å². The third-order valence-corrected chi connectivity index (χ3v) is 4.65. The lowest BCUT2D eigenvalue weighted by atomic mass is 9.96. The Morgan fingerprint density at radius 2 is 2.00 bits per heavy atom. The lowest BCUT2D eigenvalue weighted by molar-refractivity contribution is 0.0636. The number of nitrogens with zero attached hydrogens (tertiary/aromatic N) is 1. The minimum Gasteiger partial charge on any atom is -0.444 e. The van der Waals surface area contributed by atoms with Crippen molar-refractivity contribution in [2.24, 2.45) is 5.73 Å². The maximum Gasteiger partial charge on any atom is 0.413 e. The van der Waals surface area contributed by atoms with Crippen LogP contribution in [0.3, 0.4) is 0 Å². The molecule has 6 heteroatoms. The van der Waals surface area contributed by atoms with Gasteiger partial charge in [-0.2, -0.15) is 0 Å². The number of hydrogen-bond donors (Lipinski definition) is 2. The molecule has 0 aromatic carbocycles. The summed E-state index contributed by atoms with van der Waals surface area (Å²) in [5, 5.41) is 3.25. The van der Waals surface area contributed by atoms with Crippen molar-refractivity contribution in [2.75, 3.05) is 5.32 Å². The lowest BCUT2D eigenvalue weighted by Crippen LogP contribution is -2.32. The number of carbonyl (C=O) groups is 1. The van der Waals surface area contributed by atoms with E-state index in [0.717, 1.165) is 36.3 Å². The standard InChI is InChI=1S/C14H23N3O2S/c1-9-10(14(15)7-5-6-8-14)20-11(16-9)17-12(18)19-13(2,3)4/h5-8,15H2,1-4H3,(H,16,17,18). The second-order valence-electron chi connectivity index (χ2n) is 6.42. The van der Waals surface area contributed by atoms with Crippen molar-refractivity contribution in [1.29, 1.82) is 0 Å². The van der Waals surface area contributed by atoms with Crippen molar-refractivity contribution in [2.45, 2.75) is 64.5 Å². The molecule has 1 saturated carbocycles. The molecule has 0 bridgehead atoms. The SMILES string of the molecule is Cc1nc(NC(=O)OC(C)(C)C)sc1C1(N)CCCC1. The molecular weight excluding hydrogens is 274 g/mol. The molecule has 0 aliphatic heterocycles. The van der Waals surface area contributed by atoms with Crippen LogP contribution in [-0.4, -0.2) is 16.7 Å². The fourth-order valence-electron chi connectivity index (χ4n) is 2.54. The average Bonchev–Trinajstić information content (AvgIpc) is 2.83. The van der Waals surface area contributed by atoms with Gasteiger partial charge in [-0.15, -0.1) is 0 Å². The number of anilines is 1. The second-order valence-corrected chi connectivity index (χ2v) is 7.42. The van der Waals surface area contributed by atoms with Gasteiger partial charge in [0.1, 0.15) is 5.60 Å². The van der Waals surface area contributed by atoms with Gasteiger partial charge in [0, 0.05) is 4.88 Å². The molecule has 2 rings (SSSR count). The van der Waals surface area contributed by atoms with E-state index in [1.807, 2.05) is 27.7 Å². The number of ether oxygens (including phenoxy) is 1. The minimum absolute atomic E-state index is 0.268. The highest BCUT2D eigenvalue weighted by Crippen LogP contribution is 2.41. The van der Waals surface area contributed by atoms with Crippen LogP contribution in [0.15, 0.2) is 0 Å². The molecule has 3 N–H and O–H groups in total. The van der Waals surface area contributed by atoms with Crippen molar-refractivity contribution < 1.29 is 9.53 Å². The summed E-state index contributed by atoms with van der Waals surface area (Å²) in [6.07, 6.45) is 3.81. The Hall–Kier alpha value is -1.14. The first-order valence-corrected chi connectivity index (χ1v) is 7.78. The topological polar surface area (TPSA) is 77.2 Å². The smallest absolute Gasteiger partial charge is 0.413 e. The zero-order valence-electron chi connectivity index (χ0n) is 12.6. The van der Waals surface area contributed by atoms with Crippen molar-refractivity contribution in [1.82, 2.24) is 4.98 Å². The molecule has 0 spiro atoms. The zero-order valence-corrected chi connectivity index (χ0v) is 13.4. The third kappa shape index (κ3) is 3.49. The minimum atomic E-state index is -0.514. The van der Waals surface area contributed by atoms with Gasteiger partial charge < -0.3 is 10.5 Å². The monoisotopic (exact) mass is 297 g/mol. The fraction of sp³-hybridized carbons (Fsp3) is 0.714. The molecule has 1 fully saturated rings. The molecule has 5 nitrogen and oxygen atoms in total. The van der Waals surface area contributed by atoms with E-state index in [0.29, 0.717) is 5.13 Å². The highest BCUT2D eigenvalue weighted by Gasteiger charge is 2.35. The summed E-state index contributed by atoms with van der Waals surface area (Å²) >= 11 is 1.46. The van der Waals surface area contributed by atoms with Gasteiger partial charge in [0.05, 0.1) is 11.2 Å². The van der Waals surface area contributed by atoms with E-state index >= 15 is 0 Å². The van der Waals surface area contributed by atoms with Gasteiger partial charge in [-0.3, -0.25) is 5.32 Å². The predicted octanol–water partition coefficient (Wildman–Crippen LogP) is 3.53. The number of hydrogen-bond acceptors (Lipinski definition) is 5. The molecule has 1 aromatic rings. The number of nitrogens with two attached hydrogens (primary N) is 1. The first kappa shape index (κ1) is 15.3. The molecule has 1 aromatic heterocycles. The van der Waals surface area contributed by atoms with Gasteiger partial charge in [-0.25, -0.2) is 9.78 Å². The zero-order chi connectivity index (χ0) is 15.0. The molecule has 0 radical (unpaired) electrons. The molecule has 112 valence electrons. The molecule has 1 heterocycles. The maximum absolute atomic E-state index is 11.8. The number of aromatic nitrogens is 1. The molecule has 0 saturated heterocycles. The highest BCUT2D eigenvalue weighted by molar-refractivity contribution is 7.16.